The first-order valence-corrected chi connectivity index (χ1v) is 8.86. The van der Waals surface area contributed by atoms with Gasteiger partial charge in [0.1, 0.15) is 10.7 Å². The van der Waals surface area contributed by atoms with Gasteiger partial charge in [0.25, 0.3) is 9.05 Å². The smallest absolute Gasteiger partial charge is 0.263 e. The first-order chi connectivity index (χ1) is 8.45. The highest BCUT2D eigenvalue weighted by molar-refractivity contribution is 8.14. The summed E-state index contributed by atoms with van der Waals surface area (Å²) in [5.41, 5.74) is 0.545. The van der Waals surface area contributed by atoms with Crippen LogP contribution >= 0.6 is 22.4 Å². The summed E-state index contributed by atoms with van der Waals surface area (Å²) in [5, 5.41) is 0.0635. The van der Waals surface area contributed by atoms with Crippen LogP contribution in [0.4, 0.5) is 4.39 Å². The molecule has 0 aliphatic rings. The molecule has 0 saturated heterocycles. The van der Waals surface area contributed by atoms with Gasteiger partial charge < -0.3 is 4.57 Å². The molecule has 0 amide bonds. The summed E-state index contributed by atoms with van der Waals surface area (Å²) in [4.78, 5) is -0.168. The van der Waals surface area contributed by atoms with Gasteiger partial charge in [0, 0.05) is 29.2 Å². The highest BCUT2D eigenvalue weighted by Crippen LogP contribution is 2.30. The summed E-state index contributed by atoms with van der Waals surface area (Å²) in [7, 11) is 1.39. The molecule has 1 aromatic carbocycles. The number of hydrogen-bond acceptors (Lipinski definition) is 3. The van der Waals surface area contributed by atoms with E-state index < -0.39 is 14.9 Å². The van der Waals surface area contributed by atoms with Gasteiger partial charge in [-0.15, -0.1) is 0 Å². The number of rotatable bonds is 4. The van der Waals surface area contributed by atoms with Crippen molar-refractivity contribution >= 4 is 42.4 Å². The first-order valence-electron chi connectivity index (χ1n) is 5.16. The number of hydrogen-bond donors (Lipinski definition) is 0. The van der Waals surface area contributed by atoms with Crippen molar-refractivity contribution in [3.8, 4) is 0 Å². The van der Waals surface area contributed by atoms with Crippen LogP contribution < -0.4 is 0 Å². The van der Waals surface area contributed by atoms with Gasteiger partial charge in [-0.05, 0) is 18.4 Å². The third kappa shape index (κ3) is 2.50. The molecule has 0 atom stereocenters. The molecule has 7 heteroatoms. The molecule has 2 aromatic rings. The van der Waals surface area contributed by atoms with Crippen molar-refractivity contribution in [2.45, 2.75) is 11.4 Å². The maximum atomic E-state index is 13.8. The molecular formula is C11H11ClFNO2S2. The molecule has 1 aromatic heterocycles. The van der Waals surface area contributed by atoms with Crippen LogP contribution in [-0.4, -0.2) is 25.0 Å². The lowest BCUT2D eigenvalue weighted by atomic mass is 10.2. The number of fused-ring (bicyclic) bond motifs is 1. The Hall–Kier alpha value is -0.720. The second-order valence-corrected chi connectivity index (χ2v) is 7.27. The third-order valence-electron chi connectivity index (χ3n) is 2.62. The molecule has 98 valence electrons. The van der Waals surface area contributed by atoms with E-state index in [0.29, 0.717) is 12.1 Å². The normalized spacial score (nSPS) is 12.2. The molecule has 0 fully saturated rings. The van der Waals surface area contributed by atoms with Crippen LogP contribution in [-0.2, 0) is 15.6 Å². The summed E-state index contributed by atoms with van der Waals surface area (Å²) in [5.74, 6) is 0.233. The van der Waals surface area contributed by atoms with Gasteiger partial charge in [0.05, 0.1) is 10.9 Å². The lowest BCUT2D eigenvalue weighted by Crippen LogP contribution is -1.98. The van der Waals surface area contributed by atoms with Crippen LogP contribution in [0.2, 0.25) is 0 Å². The maximum absolute atomic E-state index is 13.8. The number of aromatic nitrogens is 1. The van der Waals surface area contributed by atoms with Gasteiger partial charge in [-0.3, -0.25) is 0 Å². The molecule has 0 aliphatic heterocycles. The molecule has 2 rings (SSSR count). The van der Waals surface area contributed by atoms with Gasteiger partial charge in [-0.2, -0.15) is 11.8 Å². The minimum absolute atomic E-state index is 0.0635. The van der Waals surface area contributed by atoms with E-state index in [0.717, 1.165) is 5.75 Å². The number of nitrogens with zero attached hydrogens (tertiary/aromatic N) is 1. The van der Waals surface area contributed by atoms with E-state index >= 15 is 0 Å². The third-order valence-corrected chi connectivity index (χ3v) is 4.54. The van der Waals surface area contributed by atoms with E-state index in [2.05, 4.69) is 0 Å². The molecule has 0 bridgehead atoms. The van der Waals surface area contributed by atoms with Gasteiger partial charge in [-0.25, -0.2) is 12.8 Å². The van der Waals surface area contributed by atoms with E-state index in [9.17, 15) is 12.8 Å². The molecule has 1 heterocycles. The Balaban J connectivity index is 2.72. The van der Waals surface area contributed by atoms with Crippen LogP contribution in [0.1, 0.15) is 0 Å². The zero-order valence-electron chi connectivity index (χ0n) is 9.56. The van der Waals surface area contributed by atoms with Crippen LogP contribution in [0.3, 0.4) is 0 Å². The maximum Gasteiger partial charge on any atom is 0.263 e. The largest absolute Gasteiger partial charge is 0.345 e. The zero-order chi connectivity index (χ0) is 13.3. The molecule has 0 N–H and O–H groups in total. The highest BCUT2D eigenvalue weighted by atomic mass is 35.7. The Morgan fingerprint density at radius 2 is 2.17 bits per heavy atom. The topological polar surface area (TPSA) is 39.1 Å². The van der Waals surface area contributed by atoms with E-state index in [4.69, 9.17) is 10.7 Å². The van der Waals surface area contributed by atoms with Gasteiger partial charge >= 0.3 is 0 Å². The van der Waals surface area contributed by atoms with Crippen molar-refractivity contribution in [2.24, 2.45) is 0 Å². The monoisotopic (exact) mass is 307 g/mol. The first kappa shape index (κ1) is 13.7. The number of halogens is 2. The molecule has 3 nitrogen and oxygen atoms in total. The Kier molecular flexibility index (Phi) is 3.89. The predicted molar refractivity (Wildman–Crippen MR) is 73.3 cm³/mol. The number of benzene rings is 1. The molecule has 0 unspecified atom stereocenters. The van der Waals surface area contributed by atoms with Crippen molar-refractivity contribution in [3.63, 3.8) is 0 Å². The summed E-state index contributed by atoms with van der Waals surface area (Å²) in [6.45, 7) is 0.605. The average Bonchev–Trinajstić information content (AvgIpc) is 2.66. The molecule has 0 spiro atoms. The van der Waals surface area contributed by atoms with Crippen LogP contribution in [0.15, 0.2) is 29.3 Å². The van der Waals surface area contributed by atoms with E-state index in [1.807, 2.05) is 6.26 Å². The van der Waals surface area contributed by atoms with Crippen molar-refractivity contribution in [1.82, 2.24) is 4.57 Å². The summed E-state index contributed by atoms with van der Waals surface area (Å²) in [6.07, 6.45) is 3.35. The predicted octanol–water partition coefficient (Wildman–Crippen LogP) is 3.07. The highest BCUT2D eigenvalue weighted by Gasteiger charge is 2.21. The molecule has 0 saturated carbocycles. The lowest BCUT2D eigenvalue weighted by molar-refractivity contribution is 0.607. The SMILES string of the molecule is CSCCn1cc(S(=O)(=O)Cl)c2c(F)cccc21. The minimum Gasteiger partial charge on any atom is -0.345 e. The average molecular weight is 308 g/mol. The molecule has 18 heavy (non-hydrogen) atoms. The van der Waals surface area contributed by atoms with Crippen LogP contribution in [0, 0.1) is 5.82 Å². The van der Waals surface area contributed by atoms with E-state index in [-0.39, 0.29) is 10.3 Å². The Labute approximate surface area is 113 Å². The second kappa shape index (κ2) is 5.11. The standard InChI is InChI=1S/C11H11ClFNO2S2/c1-17-6-5-14-7-10(18(12,15)16)11-8(13)3-2-4-9(11)14/h2-4,7H,5-6H2,1H3. The minimum atomic E-state index is -3.95. The fraction of sp³-hybridized carbons (Fsp3) is 0.273. The number of aryl methyl sites for hydroxylation is 1. The lowest BCUT2D eigenvalue weighted by Gasteiger charge is -2.02. The van der Waals surface area contributed by atoms with Crippen LogP contribution in [0.5, 0.6) is 0 Å². The number of thioether (sulfide) groups is 1. The van der Waals surface area contributed by atoms with E-state index in [1.54, 1.807) is 28.5 Å². The fourth-order valence-corrected chi connectivity index (χ4v) is 3.26. The van der Waals surface area contributed by atoms with E-state index in [1.165, 1.54) is 12.3 Å². The Bertz CT molecular complexity index is 682. The Morgan fingerprint density at radius 1 is 1.44 bits per heavy atom. The van der Waals surface area contributed by atoms with Crippen molar-refractivity contribution in [3.05, 3.63) is 30.2 Å². The van der Waals surface area contributed by atoms with Crippen molar-refractivity contribution in [2.75, 3.05) is 12.0 Å². The van der Waals surface area contributed by atoms with Gasteiger partial charge in [-0.1, -0.05) is 6.07 Å². The zero-order valence-corrected chi connectivity index (χ0v) is 11.9. The Morgan fingerprint density at radius 3 is 2.78 bits per heavy atom. The fourth-order valence-electron chi connectivity index (χ4n) is 1.83. The van der Waals surface area contributed by atoms with Gasteiger partial charge in [0.15, 0.2) is 0 Å². The summed E-state index contributed by atoms with van der Waals surface area (Å²) < 4.78 is 38.4. The summed E-state index contributed by atoms with van der Waals surface area (Å²) >= 11 is 1.63. The van der Waals surface area contributed by atoms with Crippen molar-refractivity contribution < 1.29 is 12.8 Å². The quantitative estimate of drug-likeness (QED) is 0.815. The molecule has 0 radical (unpaired) electrons. The van der Waals surface area contributed by atoms with Crippen molar-refractivity contribution in [1.29, 1.82) is 0 Å². The van der Waals surface area contributed by atoms with Gasteiger partial charge in [0.2, 0.25) is 0 Å². The molecule has 0 aliphatic carbocycles. The molecular weight excluding hydrogens is 297 g/mol. The second-order valence-electron chi connectivity index (χ2n) is 3.75. The van der Waals surface area contributed by atoms with Crippen LogP contribution in [0.25, 0.3) is 10.9 Å². The summed E-state index contributed by atoms with van der Waals surface area (Å²) in [6, 6.07) is 4.47.